The van der Waals surface area contributed by atoms with Crippen LogP contribution in [0.1, 0.15) is 63.4 Å². The average molecular weight is 234 g/mol. The third kappa shape index (κ3) is 5.31. The van der Waals surface area contributed by atoms with Gasteiger partial charge in [0.05, 0.1) is 5.69 Å². The van der Waals surface area contributed by atoms with Gasteiger partial charge in [-0.2, -0.15) is 0 Å². The van der Waals surface area contributed by atoms with Gasteiger partial charge in [-0.15, -0.1) is 0 Å². The van der Waals surface area contributed by atoms with Crippen molar-refractivity contribution in [2.24, 2.45) is 0 Å². The first kappa shape index (κ1) is 14.2. The predicted octanol–water partition coefficient (Wildman–Crippen LogP) is 4.01. The van der Waals surface area contributed by atoms with Gasteiger partial charge in [0.1, 0.15) is 0 Å². The summed E-state index contributed by atoms with van der Waals surface area (Å²) in [6, 6.07) is 6.75. The fraction of sp³-hybridized carbons (Fsp3) is 0.667. The van der Waals surface area contributed by atoms with E-state index in [0.717, 1.165) is 12.2 Å². The summed E-state index contributed by atoms with van der Waals surface area (Å²) in [5.41, 5.74) is 2.32. The predicted molar refractivity (Wildman–Crippen MR) is 74.2 cm³/mol. The summed E-state index contributed by atoms with van der Waals surface area (Å²) in [6.07, 6.45) is 6.26. The summed E-state index contributed by atoms with van der Waals surface area (Å²) in [4.78, 5) is 4.64. The van der Waals surface area contributed by atoms with Crippen molar-refractivity contribution >= 4 is 0 Å². The lowest BCUT2D eigenvalue weighted by Gasteiger charge is -2.18. The number of pyridine rings is 1. The summed E-state index contributed by atoms with van der Waals surface area (Å²) in [5.74, 6) is 0. The number of aryl methyl sites for hydroxylation is 1. The molecule has 0 fully saturated rings. The maximum Gasteiger partial charge on any atom is 0.0576 e. The molecule has 2 heteroatoms. The van der Waals surface area contributed by atoms with Crippen LogP contribution in [-0.4, -0.2) is 11.5 Å². The Bertz CT molecular complexity index is 310. The van der Waals surface area contributed by atoms with Gasteiger partial charge in [-0.25, -0.2) is 0 Å². The van der Waals surface area contributed by atoms with Crippen molar-refractivity contribution in [1.29, 1.82) is 0 Å². The van der Waals surface area contributed by atoms with Gasteiger partial charge in [0.2, 0.25) is 0 Å². The highest BCUT2D eigenvalue weighted by Crippen LogP contribution is 2.18. The largest absolute Gasteiger partial charge is 0.309 e. The highest BCUT2D eigenvalue weighted by Gasteiger charge is 2.11. The molecule has 0 saturated carbocycles. The summed E-state index contributed by atoms with van der Waals surface area (Å²) < 4.78 is 0. The second kappa shape index (κ2) is 8.24. The lowest BCUT2D eigenvalue weighted by atomic mass is 10.0. The molecule has 17 heavy (non-hydrogen) atoms. The number of nitrogens with one attached hydrogen (secondary N) is 1. The summed E-state index contributed by atoms with van der Waals surface area (Å²) in [6.45, 7) is 7.60. The van der Waals surface area contributed by atoms with Gasteiger partial charge in [0.25, 0.3) is 0 Å². The molecule has 1 rings (SSSR count). The number of hydrogen-bond acceptors (Lipinski definition) is 2. The Kier molecular flexibility index (Phi) is 6.87. The van der Waals surface area contributed by atoms with Crippen LogP contribution in [0, 0.1) is 6.92 Å². The minimum absolute atomic E-state index is 0.432. The SMILES string of the molecule is CCCCCC(NCCC)c1cccc(C)n1. The molecule has 0 aliphatic carbocycles. The minimum Gasteiger partial charge on any atom is -0.309 e. The van der Waals surface area contributed by atoms with Crippen molar-refractivity contribution in [2.45, 2.75) is 58.9 Å². The molecule has 2 nitrogen and oxygen atoms in total. The highest BCUT2D eigenvalue weighted by molar-refractivity contribution is 5.13. The van der Waals surface area contributed by atoms with Gasteiger partial charge in [-0.1, -0.05) is 39.2 Å². The van der Waals surface area contributed by atoms with Crippen LogP contribution in [-0.2, 0) is 0 Å². The van der Waals surface area contributed by atoms with Crippen LogP contribution >= 0.6 is 0 Å². The van der Waals surface area contributed by atoms with Gasteiger partial charge in [-0.3, -0.25) is 4.98 Å². The van der Waals surface area contributed by atoms with Gasteiger partial charge in [0, 0.05) is 11.7 Å². The van der Waals surface area contributed by atoms with Crippen molar-refractivity contribution in [3.05, 3.63) is 29.6 Å². The van der Waals surface area contributed by atoms with Gasteiger partial charge in [-0.05, 0) is 38.4 Å². The van der Waals surface area contributed by atoms with Crippen molar-refractivity contribution in [3.63, 3.8) is 0 Å². The van der Waals surface area contributed by atoms with E-state index >= 15 is 0 Å². The third-order valence-electron chi connectivity index (χ3n) is 3.00. The molecule has 1 unspecified atom stereocenters. The molecule has 96 valence electrons. The van der Waals surface area contributed by atoms with Crippen LogP contribution in [0.25, 0.3) is 0 Å². The van der Waals surface area contributed by atoms with Crippen molar-refractivity contribution < 1.29 is 0 Å². The van der Waals surface area contributed by atoms with E-state index in [1.54, 1.807) is 0 Å². The molecule has 0 aliphatic rings. The number of nitrogens with zero attached hydrogens (tertiary/aromatic N) is 1. The van der Waals surface area contributed by atoms with Crippen molar-refractivity contribution in [1.82, 2.24) is 10.3 Å². The van der Waals surface area contributed by atoms with Crippen LogP contribution in [0.3, 0.4) is 0 Å². The molecule has 0 radical (unpaired) electrons. The molecular formula is C15H26N2. The molecule has 0 bridgehead atoms. The van der Waals surface area contributed by atoms with Crippen LogP contribution in [0.2, 0.25) is 0 Å². The molecule has 1 heterocycles. The number of unbranched alkanes of at least 4 members (excludes halogenated alkanes) is 2. The minimum atomic E-state index is 0.432. The Morgan fingerprint density at radius 3 is 2.65 bits per heavy atom. The average Bonchev–Trinajstić information content (AvgIpc) is 2.33. The molecule has 0 aliphatic heterocycles. The standard InChI is InChI=1S/C15H26N2/c1-4-6-7-10-14(16-12-5-2)15-11-8-9-13(3)17-15/h8-9,11,14,16H,4-7,10,12H2,1-3H3. The molecule has 0 spiro atoms. The Hall–Kier alpha value is -0.890. The smallest absolute Gasteiger partial charge is 0.0576 e. The fourth-order valence-electron chi connectivity index (χ4n) is 2.03. The lowest BCUT2D eigenvalue weighted by molar-refractivity contribution is 0.465. The highest BCUT2D eigenvalue weighted by atomic mass is 14.9. The van der Waals surface area contributed by atoms with E-state index in [0.29, 0.717) is 6.04 Å². The molecule has 0 saturated heterocycles. The van der Waals surface area contributed by atoms with E-state index in [9.17, 15) is 0 Å². The first-order valence-corrected chi connectivity index (χ1v) is 6.94. The van der Waals surface area contributed by atoms with Crippen LogP contribution in [0.15, 0.2) is 18.2 Å². The summed E-state index contributed by atoms with van der Waals surface area (Å²) in [7, 11) is 0. The maximum atomic E-state index is 4.64. The van der Waals surface area contributed by atoms with E-state index in [2.05, 4.69) is 49.3 Å². The first-order valence-electron chi connectivity index (χ1n) is 6.94. The zero-order valence-electron chi connectivity index (χ0n) is 11.5. The van der Waals surface area contributed by atoms with E-state index < -0.39 is 0 Å². The second-order valence-electron chi connectivity index (χ2n) is 4.71. The van der Waals surface area contributed by atoms with E-state index in [1.807, 2.05) is 0 Å². The Balaban J connectivity index is 2.60. The normalized spacial score (nSPS) is 12.6. The van der Waals surface area contributed by atoms with E-state index in [1.165, 1.54) is 37.8 Å². The zero-order valence-corrected chi connectivity index (χ0v) is 11.5. The molecule has 1 aromatic rings. The van der Waals surface area contributed by atoms with Gasteiger partial charge >= 0.3 is 0 Å². The molecule has 1 aromatic heterocycles. The second-order valence-corrected chi connectivity index (χ2v) is 4.71. The molecule has 0 amide bonds. The Morgan fingerprint density at radius 2 is 2.00 bits per heavy atom. The topological polar surface area (TPSA) is 24.9 Å². The molecular weight excluding hydrogens is 208 g/mol. The number of rotatable bonds is 8. The third-order valence-corrected chi connectivity index (χ3v) is 3.00. The zero-order chi connectivity index (χ0) is 12.5. The monoisotopic (exact) mass is 234 g/mol. The molecule has 1 N–H and O–H groups in total. The first-order chi connectivity index (χ1) is 8.27. The maximum absolute atomic E-state index is 4.64. The van der Waals surface area contributed by atoms with Crippen LogP contribution in [0.4, 0.5) is 0 Å². The van der Waals surface area contributed by atoms with Gasteiger partial charge in [0.15, 0.2) is 0 Å². The number of aromatic nitrogens is 1. The molecule has 1 atom stereocenters. The van der Waals surface area contributed by atoms with Crippen LogP contribution < -0.4 is 5.32 Å². The summed E-state index contributed by atoms with van der Waals surface area (Å²) >= 11 is 0. The van der Waals surface area contributed by atoms with Crippen LogP contribution in [0.5, 0.6) is 0 Å². The van der Waals surface area contributed by atoms with Gasteiger partial charge < -0.3 is 5.32 Å². The summed E-state index contributed by atoms with van der Waals surface area (Å²) in [5, 5.41) is 3.61. The Labute approximate surface area is 106 Å². The molecule has 0 aromatic carbocycles. The quantitative estimate of drug-likeness (QED) is 0.687. The fourth-order valence-corrected chi connectivity index (χ4v) is 2.03. The number of hydrogen-bond donors (Lipinski definition) is 1. The lowest BCUT2D eigenvalue weighted by Crippen LogP contribution is -2.23. The van der Waals surface area contributed by atoms with E-state index in [4.69, 9.17) is 0 Å². The van der Waals surface area contributed by atoms with Crippen molar-refractivity contribution in [3.8, 4) is 0 Å². The Morgan fingerprint density at radius 1 is 1.18 bits per heavy atom. The van der Waals surface area contributed by atoms with E-state index in [-0.39, 0.29) is 0 Å². The van der Waals surface area contributed by atoms with Crippen molar-refractivity contribution in [2.75, 3.05) is 6.54 Å².